The number of hydrogen-bond donors (Lipinski definition) is 2. The molecular formula is C15H24Cl2N2O3. The molecule has 2 N–H and O–H groups in total. The van der Waals surface area contributed by atoms with E-state index in [1.807, 2.05) is 12.1 Å². The predicted molar refractivity (Wildman–Crippen MR) is 91.5 cm³/mol. The molecule has 126 valence electrons. The van der Waals surface area contributed by atoms with Crippen LogP contribution in [0.5, 0.6) is 0 Å². The average molecular weight is 351 g/mol. The van der Waals surface area contributed by atoms with Crippen LogP contribution in [0.25, 0.3) is 0 Å². The van der Waals surface area contributed by atoms with E-state index in [-0.39, 0.29) is 24.8 Å². The van der Waals surface area contributed by atoms with E-state index in [4.69, 9.17) is 9.84 Å². The molecule has 0 amide bonds. The Kier molecular flexibility index (Phi) is 11.2. The Morgan fingerprint density at radius 1 is 1.23 bits per heavy atom. The standard InChI is InChI=1S/C15H22N2O3.2ClH/c18-15(19)14-5-2-1-4-13(14)12-16-6-3-7-17-8-10-20-11-9-17;;/h1-2,4-5,16H,3,6-12H2,(H,18,19);2*1H. The minimum atomic E-state index is -0.865. The zero-order valence-corrected chi connectivity index (χ0v) is 14.1. The first-order valence-corrected chi connectivity index (χ1v) is 7.09. The summed E-state index contributed by atoms with van der Waals surface area (Å²) in [6.07, 6.45) is 1.06. The molecule has 1 aromatic carbocycles. The second kappa shape index (κ2) is 11.7. The summed E-state index contributed by atoms with van der Waals surface area (Å²) >= 11 is 0. The van der Waals surface area contributed by atoms with Gasteiger partial charge in [-0.2, -0.15) is 0 Å². The number of ether oxygens (including phenoxy) is 1. The van der Waals surface area contributed by atoms with Crippen LogP contribution in [-0.4, -0.2) is 55.4 Å². The zero-order chi connectivity index (χ0) is 14.2. The molecule has 1 aliphatic heterocycles. The molecular weight excluding hydrogens is 327 g/mol. The number of carboxylic acids is 1. The van der Waals surface area contributed by atoms with Crippen molar-refractivity contribution in [3.8, 4) is 0 Å². The highest BCUT2D eigenvalue weighted by Crippen LogP contribution is 2.08. The third-order valence-electron chi connectivity index (χ3n) is 3.49. The maximum absolute atomic E-state index is 11.1. The van der Waals surface area contributed by atoms with E-state index in [2.05, 4.69) is 10.2 Å². The number of benzene rings is 1. The summed E-state index contributed by atoms with van der Waals surface area (Å²) in [5.74, 6) is -0.865. The van der Waals surface area contributed by atoms with E-state index in [1.165, 1.54) is 0 Å². The van der Waals surface area contributed by atoms with Crippen molar-refractivity contribution in [1.29, 1.82) is 0 Å². The fourth-order valence-electron chi connectivity index (χ4n) is 2.36. The van der Waals surface area contributed by atoms with Crippen LogP contribution < -0.4 is 5.32 Å². The van der Waals surface area contributed by atoms with Gasteiger partial charge in [0.15, 0.2) is 0 Å². The predicted octanol–water partition coefficient (Wildman–Crippen LogP) is 2.04. The Bertz CT molecular complexity index is 441. The molecule has 0 saturated carbocycles. The minimum absolute atomic E-state index is 0. The monoisotopic (exact) mass is 350 g/mol. The average Bonchev–Trinajstić information content (AvgIpc) is 2.48. The lowest BCUT2D eigenvalue weighted by Crippen LogP contribution is -2.37. The van der Waals surface area contributed by atoms with Crippen LogP contribution in [0.2, 0.25) is 0 Å². The molecule has 7 heteroatoms. The van der Waals surface area contributed by atoms with Gasteiger partial charge in [0.05, 0.1) is 18.8 Å². The zero-order valence-electron chi connectivity index (χ0n) is 12.5. The highest BCUT2D eigenvalue weighted by Gasteiger charge is 2.10. The molecule has 1 fully saturated rings. The van der Waals surface area contributed by atoms with Gasteiger partial charge in [-0.3, -0.25) is 4.90 Å². The maximum Gasteiger partial charge on any atom is 0.336 e. The van der Waals surface area contributed by atoms with Gasteiger partial charge in [-0.1, -0.05) is 18.2 Å². The van der Waals surface area contributed by atoms with Crippen LogP contribution >= 0.6 is 24.8 Å². The number of carboxylic acid groups (broad SMARTS) is 1. The largest absolute Gasteiger partial charge is 0.478 e. The normalized spacial score (nSPS) is 14.7. The summed E-state index contributed by atoms with van der Waals surface area (Å²) in [5.41, 5.74) is 1.22. The van der Waals surface area contributed by atoms with Gasteiger partial charge in [-0.05, 0) is 31.1 Å². The van der Waals surface area contributed by atoms with Gasteiger partial charge in [0.25, 0.3) is 0 Å². The minimum Gasteiger partial charge on any atom is -0.478 e. The van der Waals surface area contributed by atoms with Gasteiger partial charge in [0.1, 0.15) is 0 Å². The van der Waals surface area contributed by atoms with E-state index < -0.39 is 5.97 Å². The third kappa shape index (κ3) is 6.94. The second-order valence-electron chi connectivity index (χ2n) is 4.95. The molecule has 22 heavy (non-hydrogen) atoms. The first-order chi connectivity index (χ1) is 9.77. The van der Waals surface area contributed by atoms with Crippen molar-refractivity contribution in [3.05, 3.63) is 35.4 Å². The summed E-state index contributed by atoms with van der Waals surface area (Å²) in [5, 5.41) is 12.4. The van der Waals surface area contributed by atoms with E-state index in [0.29, 0.717) is 12.1 Å². The smallest absolute Gasteiger partial charge is 0.336 e. The van der Waals surface area contributed by atoms with Gasteiger partial charge in [0.2, 0.25) is 0 Å². The highest BCUT2D eigenvalue weighted by atomic mass is 35.5. The molecule has 1 heterocycles. The molecule has 1 aromatic rings. The van der Waals surface area contributed by atoms with Crippen LogP contribution in [0.15, 0.2) is 24.3 Å². The summed E-state index contributed by atoms with van der Waals surface area (Å²) in [7, 11) is 0. The van der Waals surface area contributed by atoms with Gasteiger partial charge in [0, 0.05) is 19.6 Å². The summed E-state index contributed by atoms with van der Waals surface area (Å²) in [6, 6.07) is 7.13. The number of carbonyl (C=O) groups is 1. The van der Waals surface area contributed by atoms with E-state index in [9.17, 15) is 4.79 Å². The lowest BCUT2D eigenvalue weighted by atomic mass is 10.1. The van der Waals surface area contributed by atoms with Crippen molar-refractivity contribution in [3.63, 3.8) is 0 Å². The molecule has 0 unspecified atom stereocenters. The maximum atomic E-state index is 11.1. The van der Waals surface area contributed by atoms with Gasteiger partial charge < -0.3 is 15.2 Å². The quantitative estimate of drug-likeness (QED) is 0.737. The fourth-order valence-corrected chi connectivity index (χ4v) is 2.36. The third-order valence-corrected chi connectivity index (χ3v) is 3.49. The molecule has 0 atom stereocenters. The highest BCUT2D eigenvalue weighted by molar-refractivity contribution is 5.89. The molecule has 0 aliphatic carbocycles. The molecule has 2 rings (SSSR count). The Balaban J connectivity index is 0.00000220. The SMILES string of the molecule is Cl.Cl.O=C(O)c1ccccc1CNCCCN1CCOCC1. The van der Waals surface area contributed by atoms with Crippen molar-refractivity contribution in [2.45, 2.75) is 13.0 Å². The van der Waals surface area contributed by atoms with Crippen molar-refractivity contribution in [1.82, 2.24) is 10.2 Å². The van der Waals surface area contributed by atoms with Gasteiger partial charge >= 0.3 is 5.97 Å². The number of morpholine rings is 1. The van der Waals surface area contributed by atoms with E-state index >= 15 is 0 Å². The van der Waals surface area contributed by atoms with Crippen LogP contribution in [0.4, 0.5) is 0 Å². The lowest BCUT2D eigenvalue weighted by Gasteiger charge is -2.26. The van der Waals surface area contributed by atoms with E-state index in [0.717, 1.165) is 51.4 Å². The Morgan fingerprint density at radius 2 is 1.91 bits per heavy atom. The molecule has 5 nitrogen and oxygen atoms in total. The Morgan fingerprint density at radius 3 is 2.59 bits per heavy atom. The number of nitrogens with zero attached hydrogens (tertiary/aromatic N) is 1. The number of hydrogen-bond acceptors (Lipinski definition) is 4. The summed E-state index contributed by atoms with van der Waals surface area (Å²) in [4.78, 5) is 13.5. The summed E-state index contributed by atoms with van der Waals surface area (Å²) < 4.78 is 5.31. The van der Waals surface area contributed by atoms with Crippen molar-refractivity contribution in [2.24, 2.45) is 0 Å². The molecule has 0 bridgehead atoms. The molecule has 0 radical (unpaired) electrons. The summed E-state index contributed by atoms with van der Waals surface area (Å²) in [6.45, 7) is 6.26. The molecule has 1 saturated heterocycles. The Labute approximate surface area is 143 Å². The number of nitrogens with one attached hydrogen (secondary N) is 1. The number of rotatable bonds is 7. The van der Waals surface area contributed by atoms with Crippen LogP contribution in [0.1, 0.15) is 22.3 Å². The number of aromatic carboxylic acids is 1. The van der Waals surface area contributed by atoms with Gasteiger partial charge in [-0.25, -0.2) is 4.79 Å². The van der Waals surface area contributed by atoms with Crippen molar-refractivity contribution < 1.29 is 14.6 Å². The van der Waals surface area contributed by atoms with Crippen molar-refractivity contribution in [2.75, 3.05) is 39.4 Å². The topological polar surface area (TPSA) is 61.8 Å². The molecule has 0 aromatic heterocycles. The van der Waals surface area contributed by atoms with Gasteiger partial charge in [-0.15, -0.1) is 24.8 Å². The second-order valence-corrected chi connectivity index (χ2v) is 4.95. The van der Waals surface area contributed by atoms with Crippen LogP contribution in [0, 0.1) is 0 Å². The lowest BCUT2D eigenvalue weighted by molar-refractivity contribution is 0.0374. The first-order valence-electron chi connectivity index (χ1n) is 7.09. The van der Waals surface area contributed by atoms with E-state index in [1.54, 1.807) is 12.1 Å². The fraction of sp³-hybridized carbons (Fsp3) is 0.533. The van der Waals surface area contributed by atoms with Crippen molar-refractivity contribution >= 4 is 30.8 Å². The first kappa shape index (κ1) is 21.1. The molecule has 1 aliphatic rings. The number of halogens is 2. The molecule has 0 spiro atoms. The van der Waals surface area contributed by atoms with Crippen LogP contribution in [-0.2, 0) is 11.3 Å². The Hall–Kier alpha value is -0.850. The van der Waals surface area contributed by atoms with Crippen LogP contribution in [0.3, 0.4) is 0 Å².